The molecule has 3 saturated carbocycles. The van der Waals surface area contributed by atoms with Crippen LogP contribution in [0.2, 0.25) is 0 Å². The summed E-state index contributed by atoms with van der Waals surface area (Å²) in [6.07, 6.45) is 11.4. The van der Waals surface area contributed by atoms with Crippen LogP contribution in [0.4, 0.5) is 4.79 Å². The fourth-order valence-electron chi connectivity index (χ4n) is 7.51. The predicted molar refractivity (Wildman–Crippen MR) is 168 cm³/mol. The predicted octanol–water partition coefficient (Wildman–Crippen LogP) is 3.37. The van der Waals surface area contributed by atoms with Crippen LogP contribution < -0.4 is 21.7 Å². The molecule has 0 radical (unpaired) electrons. The third-order valence-electron chi connectivity index (χ3n) is 10.6. The van der Waals surface area contributed by atoms with Crippen LogP contribution in [0.25, 0.3) is 0 Å². The molecule has 4 fully saturated rings. The highest BCUT2D eigenvalue weighted by Crippen LogP contribution is 2.65. The molecule has 5 N–H and O–H groups in total. The van der Waals surface area contributed by atoms with Gasteiger partial charge < -0.3 is 26.6 Å². The van der Waals surface area contributed by atoms with Crippen LogP contribution in [0.1, 0.15) is 98.8 Å². The lowest BCUT2D eigenvalue weighted by Crippen LogP contribution is -2.63. The molecule has 0 aromatic rings. The summed E-state index contributed by atoms with van der Waals surface area (Å²) in [4.78, 5) is 67.7. The van der Waals surface area contributed by atoms with Crippen molar-refractivity contribution < 1.29 is 24.0 Å². The monoisotopic (exact) mass is 619 g/mol. The second-order valence-corrected chi connectivity index (χ2v) is 16.2. The molecule has 11 heteroatoms. The summed E-state index contributed by atoms with van der Waals surface area (Å²) in [5, 5.41) is 9.09. The Morgan fingerprint density at radius 3 is 2.23 bits per heavy atom. The largest absolute Gasteiger partial charge is 0.363 e. The highest BCUT2D eigenvalue weighted by Gasteiger charge is 2.70. The van der Waals surface area contributed by atoms with E-state index in [0.29, 0.717) is 18.9 Å². The number of nitrogens with two attached hydrogens (primary N) is 1. The molecule has 4 rings (SSSR count). The van der Waals surface area contributed by atoms with E-state index in [9.17, 15) is 24.0 Å². The van der Waals surface area contributed by atoms with Crippen molar-refractivity contribution in [3.8, 4) is 0 Å². The number of fused-ring (bicyclic) bond motifs is 1. The van der Waals surface area contributed by atoms with E-state index in [1.54, 1.807) is 16.7 Å². The molecule has 1 heterocycles. The van der Waals surface area contributed by atoms with Gasteiger partial charge in [-0.1, -0.05) is 66.7 Å². The molecular formula is C32H53N5O5S. The van der Waals surface area contributed by atoms with Crippen molar-refractivity contribution >= 4 is 41.3 Å². The first-order valence-corrected chi connectivity index (χ1v) is 17.5. The molecule has 5 atom stereocenters. The number of carbonyl (C=O) groups is 5. The van der Waals surface area contributed by atoms with Crippen molar-refractivity contribution in [3.05, 3.63) is 0 Å². The van der Waals surface area contributed by atoms with Crippen LogP contribution in [-0.4, -0.2) is 76.7 Å². The van der Waals surface area contributed by atoms with Gasteiger partial charge in [-0.2, -0.15) is 11.8 Å². The Hall–Kier alpha value is -2.30. The molecule has 0 aromatic carbocycles. The van der Waals surface area contributed by atoms with Gasteiger partial charge >= 0.3 is 6.03 Å². The summed E-state index contributed by atoms with van der Waals surface area (Å²) in [5.41, 5.74) is 4.30. The van der Waals surface area contributed by atoms with Gasteiger partial charge in [0.05, 0.1) is 6.04 Å². The zero-order valence-electron chi connectivity index (χ0n) is 26.9. The number of primary amides is 1. The number of ketones is 1. The smallest absolute Gasteiger partial charge is 0.315 e. The summed E-state index contributed by atoms with van der Waals surface area (Å²) in [6, 6.07) is -3.01. The number of nitrogens with one attached hydrogen (secondary N) is 3. The number of hydrogen-bond acceptors (Lipinski definition) is 6. The van der Waals surface area contributed by atoms with Crippen molar-refractivity contribution in [2.75, 3.05) is 18.6 Å². The number of hydrogen-bond donors (Lipinski definition) is 4. The molecule has 0 bridgehead atoms. The average molecular weight is 620 g/mol. The number of amides is 5. The zero-order valence-corrected chi connectivity index (χ0v) is 27.7. The second kappa shape index (κ2) is 13.0. The highest BCUT2D eigenvalue weighted by molar-refractivity contribution is 7.98. The topological polar surface area (TPSA) is 151 Å². The minimum atomic E-state index is -1.07. The molecule has 1 saturated heterocycles. The Morgan fingerprint density at radius 1 is 1.02 bits per heavy atom. The first kappa shape index (κ1) is 33.6. The SMILES string of the molecule is CSCCC1(NC(=O)N[C@H](C(=O)N2C[C@H]3[C@@H]([C@H]2C(=O)NC(CCC2CC2)C(=O)C(N)=O)C3(C)C)C(C)(C)C)CCCCC1. The van der Waals surface area contributed by atoms with Crippen LogP contribution in [0.15, 0.2) is 0 Å². The highest BCUT2D eigenvalue weighted by atomic mass is 32.2. The summed E-state index contributed by atoms with van der Waals surface area (Å²) in [5.74, 6) is -1.09. The molecule has 242 valence electrons. The van der Waals surface area contributed by atoms with Gasteiger partial charge in [-0.3, -0.25) is 19.2 Å². The van der Waals surface area contributed by atoms with Crippen LogP contribution in [0.5, 0.6) is 0 Å². The van der Waals surface area contributed by atoms with E-state index < -0.39 is 41.1 Å². The number of carbonyl (C=O) groups excluding carboxylic acids is 5. The number of nitrogens with zero attached hydrogens (tertiary/aromatic N) is 1. The minimum Gasteiger partial charge on any atom is -0.363 e. The molecule has 10 nitrogen and oxygen atoms in total. The van der Waals surface area contributed by atoms with Gasteiger partial charge in [-0.05, 0) is 72.7 Å². The van der Waals surface area contributed by atoms with Crippen molar-refractivity contribution in [1.82, 2.24) is 20.9 Å². The molecule has 4 aliphatic rings. The number of urea groups is 1. The zero-order chi connectivity index (χ0) is 31.7. The van der Waals surface area contributed by atoms with Gasteiger partial charge in [0.25, 0.3) is 5.91 Å². The lowest BCUT2D eigenvalue weighted by molar-refractivity contribution is -0.145. The second-order valence-electron chi connectivity index (χ2n) is 15.2. The number of Topliss-reactive ketones (excluding diaryl/α,β-unsaturated/α-hetero) is 1. The standard InChI is InChI=1S/C32H53N5O5S/c1-30(2,3)25(35-29(42)36-32(16-17-43-6)14-8-7-9-15-32)28(41)37-18-20-22(31(20,4)5)23(37)27(40)34-21(24(38)26(33)39)13-12-19-10-11-19/h19-23,25H,7-18H2,1-6H3,(H2,33,39)(H,34,40)(H2,35,36,42)/t20-,21?,22-,23-,25+/m0/s1. The first-order valence-electron chi connectivity index (χ1n) is 16.1. The maximum Gasteiger partial charge on any atom is 0.315 e. The lowest BCUT2D eigenvalue weighted by atomic mass is 9.79. The number of rotatable bonds is 13. The van der Waals surface area contributed by atoms with E-state index in [-0.39, 0.29) is 34.7 Å². The maximum absolute atomic E-state index is 14.3. The Bertz CT molecular complexity index is 1090. The first-order chi connectivity index (χ1) is 20.1. The van der Waals surface area contributed by atoms with Crippen molar-refractivity contribution in [1.29, 1.82) is 0 Å². The van der Waals surface area contributed by atoms with Crippen LogP contribution >= 0.6 is 11.8 Å². The summed E-state index contributed by atoms with van der Waals surface area (Å²) in [6.45, 7) is 10.3. The van der Waals surface area contributed by atoms with E-state index in [1.165, 1.54) is 0 Å². The normalized spacial score (nSPS) is 26.9. The van der Waals surface area contributed by atoms with E-state index in [0.717, 1.165) is 63.5 Å². The molecule has 1 aliphatic heterocycles. The number of thioether (sulfide) groups is 1. The Balaban J connectivity index is 1.51. The Morgan fingerprint density at radius 2 is 1.67 bits per heavy atom. The van der Waals surface area contributed by atoms with Gasteiger partial charge in [0.1, 0.15) is 12.1 Å². The third-order valence-corrected chi connectivity index (χ3v) is 11.2. The van der Waals surface area contributed by atoms with Gasteiger partial charge in [0, 0.05) is 12.1 Å². The minimum absolute atomic E-state index is 0.0734. The Labute approximate surface area is 261 Å². The van der Waals surface area contributed by atoms with Crippen molar-refractivity contribution in [2.45, 2.75) is 122 Å². The van der Waals surface area contributed by atoms with E-state index in [1.807, 2.05) is 20.8 Å². The van der Waals surface area contributed by atoms with Crippen LogP contribution in [0, 0.1) is 28.6 Å². The molecule has 1 unspecified atom stereocenters. The van der Waals surface area contributed by atoms with Gasteiger partial charge in [-0.15, -0.1) is 0 Å². The summed E-state index contributed by atoms with van der Waals surface area (Å²) in [7, 11) is 0. The molecule has 5 amide bonds. The van der Waals surface area contributed by atoms with Crippen molar-refractivity contribution in [3.63, 3.8) is 0 Å². The quantitative estimate of drug-likeness (QED) is 0.232. The van der Waals surface area contributed by atoms with E-state index >= 15 is 0 Å². The van der Waals surface area contributed by atoms with Gasteiger partial charge in [0.2, 0.25) is 17.6 Å². The maximum atomic E-state index is 14.3. The van der Waals surface area contributed by atoms with Gasteiger partial charge in [0.15, 0.2) is 0 Å². The summed E-state index contributed by atoms with van der Waals surface area (Å²) < 4.78 is 0. The molecular weight excluding hydrogens is 566 g/mol. The molecule has 3 aliphatic carbocycles. The molecule has 0 aromatic heterocycles. The van der Waals surface area contributed by atoms with Gasteiger partial charge in [-0.25, -0.2) is 4.79 Å². The molecule has 43 heavy (non-hydrogen) atoms. The van der Waals surface area contributed by atoms with E-state index in [4.69, 9.17) is 5.73 Å². The number of piperidine rings is 1. The number of likely N-dealkylation sites (tertiary alicyclic amines) is 1. The summed E-state index contributed by atoms with van der Waals surface area (Å²) >= 11 is 1.77. The molecule has 0 spiro atoms. The lowest BCUT2D eigenvalue weighted by Gasteiger charge is -2.41. The van der Waals surface area contributed by atoms with Crippen LogP contribution in [-0.2, 0) is 19.2 Å². The third kappa shape index (κ3) is 7.68. The fraction of sp³-hybridized carbons (Fsp3) is 0.844. The van der Waals surface area contributed by atoms with Crippen LogP contribution in [0.3, 0.4) is 0 Å². The average Bonchev–Trinajstić information content (AvgIpc) is 3.80. The Kier molecular flexibility index (Phi) is 10.1. The van der Waals surface area contributed by atoms with Crippen molar-refractivity contribution in [2.24, 2.45) is 34.3 Å². The fourth-order valence-corrected chi connectivity index (χ4v) is 8.10. The van der Waals surface area contributed by atoms with E-state index in [2.05, 4.69) is 36.1 Å².